The molecular weight excluding hydrogens is 343 g/mol. The summed E-state index contributed by atoms with van der Waals surface area (Å²) in [6.45, 7) is 0. The number of halogens is 1. The van der Waals surface area contributed by atoms with E-state index < -0.39 is 0 Å². The van der Waals surface area contributed by atoms with Crippen LogP contribution >= 0.6 is 0 Å². The molecule has 0 aliphatic rings. The zero-order valence-electron chi connectivity index (χ0n) is 14.4. The van der Waals surface area contributed by atoms with Gasteiger partial charge in [-0.25, -0.2) is 4.39 Å². The van der Waals surface area contributed by atoms with Crippen molar-refractivity contribution in [2.75, 3.05) is 0 Å². The summed E-state index contributed by atoms with van der Waals surface area (Å²) in [5.41, 5.74) is 2.83. The van der Waals surface area contributed by atoms with Crippen LogP contribution in [0, 0.1) is 11.0 Å². The number of ketones is 1. The molecule has 0 amide bonds. The second kappa shape index (κ2) is 7.03. The summed E-state index contributed by atoms with van der Waals surface area (Å²) in [5.74, 6) is -0.886. The van der Waals surface area contributed by atoms with Crippen molar-refractivity contribution in [2.24, 2.45) is 0 Å². The van der Waals surface area contributed by atoms with Gasteiger partial charge in [0, 0.05) is 41.6 Å². The van der Waals surface area contributed by atoms with Gasteiger partial charge in [0.1, 0.15) is 5.82 Å². The summed E-state index contributed by atoms with van der Waals surface area (Å²) >= 11 is 0. The first-order valence-electron chi connectivity index (χ1n) is 8.66. The molecule has 134 valence electrons. The first-order chi connectivity index (χ1) is 13.1. The molecule has 1 N–H and O–H groups in total. The first-order valence-corrected chi connectivity index (χ1v) is 8.66. The summed E-state index contributed by atoms with van der Waals surface area (Å²) in [7, 11) is 0. The molecule has 1 atom stereocenters. The molecule has 4 rings (SSSR count). The third kappa shape index (κ3) is 3.31. The lowest BCUT2D eigenvalue weighted by Gasteiger charge is -2.16. The molecule has 27 heavy (non-hydrogen) atoms. The van der Waals surface area contributed by atoms with Gasteiger partial charge in [0.2, 0.25) is 5.78 Å². The molecular formula is C22H17FN2O2. The van der Waals surface area contributed by atoms with Gasteiger partial charge in [-0.3, -0.25) is 4.79 Å². The zero-order valence-corrected chi connectivity index (χ0v) is 14.4. The molecule has 0 fully saturated rings. The number of H-pyrrole nitrogens is 1. The highest BCUT2D eigenvalue weighted by atomic mass is 19.1. The van der Waals surface area contributed by atoms with Gasteiger partial charge in [0.15, 0.2) is 6.20 Å². The number of benzene rings is 2. The number of fused-ring (bicyclic) bond motifs is 1. The summed E-state index contributed by atoms with van der Waals surface area (Å²) in [4.78, 5) is 16.1. The Bertz CT molecular complexity index is 1100. The van der Waals surface area contributed by atoms with Crippen LogP contribution < -0.4 is 4.73 Å². The minimum atomic E-state index is -0.330. The highest BCUT2D eigenvalue weighted by molar-refractivity contribution is 5.94. The van der Waals surface area contributed by atoms with E-state index in [0.29, 0.717) is 4.73 Å². The molecule has 2 aromatic carbocycles. The minimum Gasteiger partial charge on any atom is -0.618 e. The van der Waals surface area contributed by atoms with E-state index in [1.54, 1.807) is 24.3 Å². The van der Waals surface area contributed by atoms with Crippen LogP contribution in [0.25, 0.3) is 10.9 Å². The largest absolute Gasteiger partial charge is 0.618 e. The fourth-order valence-corrected chi connectivity index (χ4v) is 3.42. The highest BCUT2D eigenvalue weighted by Gasteiger charge is 2.25. The molecule has 4 nitrogen and oxygen atoms in total. The van der Waals surface area contributed by atoms with Gasteiger partial charge in [0.25, 0.3) is 5.69 Å². The van der Waals surface area contributed by atoms with Crippen LogP contribution in [0.15, 0.2) is 79.1 Å². The van der Waals surface area contributed by atoms with Crippen LogP contribution in [0.4, 0.5) is 4.39 Å². The summed E-state index contributed by atoms with van der Waals surface area (Å²) in [6.07, 6.45) is 3.30. The van der Waals surface area contributed by atoms with E-state index in [0.717, 1.165) is 22.0 Å². The molecule has 0 aliphatic carbocycles. The van der Waals surface area contributed by atoms with Crippen molar-refractivity contribution in [1.29, 1.82) is 0 Å². The van der Waals surface area contributed by atoms with Gasteiger partial charge in [-0.2, -0.15) is 4.73 Å². The number of hydrogen-bond donors (Lipinski definition) is 1. The lowest BCUT2D eigenvalue weighted by molar-refractivity contribution is -0.607. The molecule has 0 saturated carbocycles. The number of nitrogens with zero attached hydrogens (tertiary/aromatic N) is 1. The molecule has 0 spiro atoms. The van der Waals surface area contributed by atoms with E-state index in [-0.39, 0.29) is 29.6 Å². The number of rotatable bonds is 5. The van der Waals surface area contributed by atoms with Crippen LogP contribution in [0.1, 0.15) is 34.0 Å². The first kappa shape index (κ1) is 17.0. The summed E-state index contributed by atoms with van der Waals surface area (Å²) in [6, 6.07) is 18.7. The number of hydrogen-bond acceptors (Lipinski definition) is 2. The quantitative estimate of drug-likeness (QED) is 0.327. The van der Waals surface area contributed by atoms with Gasteiger partial charge in [-0.15, -0.1) is 0 Å². The third-order valence-corrected chi connectivity index (χ3v) is 4.77. The minimum absolute atomic E-state index is 0.101. The Kier molecular flexibility index (Phi) is 4.42. The topological polar surface area (TPSA) is 59.8 Å². The zero-order chi connectivity index (χ0) is 18.8. The Morgan fingerprint density at radius 1 is 1.04 bits per heavy atom. The number of Topliss-reactive ketones (excluding diaryl/α,β-unsaturated/α-hetero) is 1. The molecule has 0 saturated heterocycles. The van der Waals surface area contributed by atoms with Crippen LogP contribution in [0.2, 0.25) is 0 Å². The van der Waals surface area contributed by atoms with Gasteiger partial charge in [-0.1, -0.05) is 30.3 Å². The summed E-state index contributed by atoms with van der Waals surface area (Å²) in [5, 5.41) is 13.0. The molecule has 0 bridgehead atoms. The van der Waals surface area contributed by atoms with Crippen molar-refractivity contribution >= 4 is 16.7 Å². The lowest BCUT2D eigenvalue weighted by atomic mass is 9.86. The second-order valence-corrected chi connectivity index (χ2v) is 6.43. The van der Waals surface area contributed by atoms with Gasteiger partial charge < -0.3 is 10.2 Å². The van der Waals surface area contributed by atoms with Crippen LogP contribution in [-0.2, 0) is 0 Å². The Morgan fingerprint density at radius 2 is 1.78 bits per heavy atom. The van der Waals surface area contributed by atoms with E-state index in [4.69, 9.17) is 0 Å². The Hall–Kier alpha value is -3.47. The van der Waals surface area contributed by atoms with E-state index in [1.807, 2.05) is 30.5 Å². The molecule has 0 aliphatic heterocycles. The van der Waals surface area contributed by atoms with Gasteiger partial charge in [-0.05, 0) is 35.4 Å². The second-order valence-electron chi connectivity index (χ2n) is 6.43. The molecule has 2 heterocycles. The highest BCUT2D eigenvalue weighted by Crippen LogP contribution is 2.34. The number of para-hydroxylation sites is 1. The number of aromatic nitrogens is 2. The Morgan fingerprint density at radius 3 is 2.56 bits per heavy atom. The monoisotopic (exact) mass is 360 g/mol. The number of nitrogens with one attached hydrogen (secondary N) is 1. The van der Waals surface area contributed by atoms with Gasteiger partial charge >= 0.3 is 0 Å². The van der Waals surface area contributed by atoms with Crippen molar-refractivity contribution in [3.63, 3.8) is 0 Å². The maximum absolute atomic E-state index is 13.4. The molecule has 0 radical (unpaired) electrons. The number of carbonyl (C=O) groups excluding carboxylic acids is 1. The van der Waals surface area contributed by atoms with Gasteiger partial charge in [0.05, 0.1) is 0 Å². The maximum Gasteiger partial charge on any atom is 0.259 e. The van der Waals surface area contributed by atoms with Crippen molar-refractivity contribution in [3.05, 3.63) is 107 Å². The van der Waals surface area contributed by atoms with Crippen molar-refractivity contribution < 1.29 is 13.9 Å². The summed E-state index contributed by atoms with van der Waals surface area (Å²) < 4.78 is 14.0. The SMILES string of the molecule is O=C(C[C@H](c1ccc(F)cc1)c1c[nH]c2ccccc12)c1cccc[n+]1[O-]. The average molecular weight is 360 g/mol. The Labute approximate surface area is 155 Å². The van der Waals surface area contributed by atoms with Crippen molar-refractivity contribution in [1.82, 2.24) is 4.98 Å². The lowest BCUT2D eigenvalue weighted by Crippen LogP contribution is -2.34. The molecule has 0 unspecified atom stereocenters. The van der Waals surface area contributed by atoms with E-state index in [2.05, 4.69) is 4.98 Å². The molecule has 4 aromatic rings. The van der Waals surface area contributed by atoms with Crippen molar-refractivity contribution in [3.8, 4) is 0 Å². The van der Waals surface area contributed by atoms with E-state index in [1.165, 1.54) is 24.4 Å². The smallest absolute Gasteiger partial charge is 0.259 e. The number of aromatic amines is 1. The normalized spacial score (nSPS) is 12.2. The van der Waals surface area contributed by atoms with Crippen LogP contribution in [0.5, 0.6) is 0 Å². The predicted molar refractivity (Wildman–Crippen MR) is 101 cm³/mol. The van der Waals surface area contributed by atoms with E-state index >= 15 is 0 Å². The predicted octanol–water partition coefficient (Wildman–Crippen LogP) is 4.35. The van der Waals surface area contributed by atoms with E-state index in [9.17, 15) is 14.4 Å². The molecule has 5 heteroatoms. The van der Waals surface area contributed by atoms with Crippen LogP contribution in [0.3, 0.4) is 0 Å². The standard InChI is InChI=1S/C22H17FN2O2/c23-16-10-8-15(9-11-16)18(13-22(26)21-7-3-4-12-25(21)27)19-14-24-20-6-2-1-5-17(19)20/h1-12,14,18,24H,13H2/t18-/m1/s1. The fraction of sp³-hybridized carbons (Fsp3) is 0.0909. The third-order valence-electron chi connectivity index (χ3n) is 4.77. The van der Waals surface area contributed by atoms with Crippen LogP contribution in [-0.4, -0.2) is 10.8 Å². The number of carbonyl (C=O) groups is 1. The average Bonchev–Trinajstić information content (AvgIpc) is 3.11. The maximum atomic E-state index is 13.4. The fourth-order valence-electron chi connectivity index (χ4n) is 3.42. The van der Waals surface area contributed by atoms with Crippen molar-refractivity contribution in [2.45, 2.75) is 12.3 Å². The molecule has 2 aromatic heterocycles. The Balaban J connectivity index is 1.78. The number of pyridine rings is 1.